The van der Waals surface area contributed by atoms with Crippen LogP contribution >= 0.6 is 0 Å². The molecule has 36 heavy (non-hydrogen) atoms. The van der Waals surface area contributed by atoms with Crippen molar-refractivity contribution in [2.45, 2.75) is 50.3 Å². The minimum absolute atomic E-state index is 0.136. The fourth-order valence-electron chi connectivity index (χ4n) is 3.67. The maximum atomic E-state index is 13.4. The monoisotopic (exact) mass is 522 g/mol. The second-order valence-electron chi connectivity index (χ2n) is 8.46. The Kier molecular flexibility index (Phi) is 8.97. The van der Waals surface area contributed by atoms with Crippen molar-refractivity contribution in [1.82, 2.24) is 9.21 Å². The molecule has 0 aliphatic heterocycles. The Labute approximate surface area is 209 Å². The first-order valence-electron chi connectivity index (χ1n) is 11.6. The third-order valence-corrected chi connectivity index (χ3v) is 7.89. The average Bonchev–Trinajstić information content (AvgIpc) is 3.38. The molecule has 0 N–H and O–H groups in total. The summed E-state index contributed by atoms with van der Waals surface area (Å²) in [6, 6.07) is 15.9. The SMILES string of the molecule is CCC(C)N(CC(=O)N(CCc1ccccc1)Cc1ccco1)S(=O)(=O)c1cccc(C(F)(F)F)c1. The van der Waals surface area contributed by atoms with Crippen molar-refractivity contribution in [3.8, 4) is 0 Å². The number of halogens is 3. The lowest BCUT2D eigenvalue weighted by Crippen LogP contribution is -2.46. The summed E-state index contributed by atoms with van der Waals surface area (Å²) in [6.07, 6.45) is -2.30. The normalized spacial score (nSPS) is 13.1. The second-order valence-corrected chi connectivity index (χ2v) is 10.4. The molecule has 0 radical (unpaired) electrons. The predicted molar refractivity (Wildman–Crippen MR) is 129 cm³/mol. The first kappa shape index (κ1) is 27.5. The van der Waals surface area contributed by atoms with Crippen LogP contribution in [0.4, 0.5) is 13.2 Å². The van der Waals surface area contributed by atoms with Crippen molar-refractivity contribution < 1.29 is 30.8 Å². The van der Waals surface area contributed by atoms with Crippen molar-refractivity contribution in [2.75, 3.05) is 13.1 Å². The summed E-state index contributed by atoms with van der Waals surface area (Å²) in [4.78, 5) is 14.4. The lowest BCUT2D eigenvalue weighted by Gasteiger charge is -2.30. The van der Waals surface area contributed by atoms with Gasteiger partial charge in [0.15, 0.2) is 0 Å². The van der Waals surface area contributed by atoms with E-state index < -0.39 is 45.2 Å². The number of furan rings is 1. The van der Waals surface area contributed by atoms with Crippen molar-refractivity contribution in [3.05, 3.63) is 89.9 Å². The van der Waals surface area contributed by atoms with E-state index in [2.05, 4.69) is 0 Å². The summed E-state index contributed by atoms with van der Waals surface area (Å²) in [6.45, 7) is 3.31. The van der Waals surface area contributed by atoms with Crippen LogP contribution in [0.15, 0.2) is 82.3 Å². The second kappa shape index (κ2) is 11.7. The van der Waals surface area contributed by atoms with Crippen molar-refractivity contribution in [3.63, 3.8) is 0 Å². The first-order chi connectivity index (χ1) is 17.0. The van der Waals surface area contributed by atoms with Crippen LogP contribution in [-0.2, 0) is 34.0 Å². The van der Waals surface area contributed by atoms with Gasteiger partial charge in [-0.25, -0.2) is 8.42 Å². The van der Waals surface area contributed by atoms with E-state index in [1.54, 1.807) is 26.0 Å². The molecule has 1 heterocycles. The molecular formula is C26H29F3N2O4S. The van der Waals surface area contributed by atoms with E-state index in [-0.39, 0.29) is 6.54 Å². The van der Waals surface area contributed by atoms with Crippen molar-refractivity contribution in [2.24, 2.45) is 0 Å². The fourth-order valence-corrected chi connectivity index (χ4v) is 5.37. The number of nitrogens with zero attached hydrogens (tertiary/aromatic N) is 2. The Balaban J connectivity index is 1.88. The van der Waals surface area contributed by atoms with Crippen LogP contribution in [0.25, 0.3) is 0 Å². The third kappa shape index (κ3) is 6.98. The molecule has 0 saturated carbocycles. The highest BCUT2D eigenvalue weighted by Crippen LogP contribution is 2.31. The van der Waals surface area contributed by atoms with E-state index >= 15 is 0 Å². The minimum atomic E-state index is -4.69. The standard InChI is InChI=1S/C26H29F3N2O4S/c1-3-20(2)31(36(33,34)24-13-7-11-22(17-24)26(27,28)29)19-25(32)30(18-23-12-8-16-35-23)15-14-21-9-5-4-6-10-21/h4-13,16-17,20H,3,14-15,18-19H2,1-2H3. The molecule has 0 aliphatic rings. The Hall–Kier alpha value is -3.11. The van der Waals surface area contributed by atoms with Gasteiger partial charge in [0, 0.05) is 12.6 Å². The lowest BCUT2D eigenvalue weighted by molar-refractivity contribution is -0.137. The molecule has 1 unspecified atom stereocenters. The van der Waals surface area contributed by atoms with E-state index in [4.69, 9.17) is 4.42 Å². The minimum Gasteiger partial charge on any atom is -0.467 e. The number of alkyl halides is 3. The quantitative estimate of drug-likeness (QED) is 0.340. The number of benzene rings is 2. The van der Waals surface area contributed by atoms with E-state index in [0.717, 1.165) is 28.1 Å². The van der Waals surface area contributed by atoms with E-state index in [0.29, 0.717) is 31.2 Å². The third-order valence-electron chi connectivity index (χ3n) is 5.93. The smallest absolute Gasteiger partial charge is 0.416 e. The molecule has 0 bridgehead atoms. The highest BCUT2D eigenvalue weighted by Gasteiger charge is 2.35. The van der Waals surface area contributed by atoms with E-state index in [9.17, 15) is 26.4 Å². The first-order valence-corrected chi connectivity index (χ1v) is 13.0. The molecule has 2 aromatic carbocycles. The van der Waals surface area contributed by atoms with Crippen LogP contribution < -0.4 is 0 Å². The number of hydrogen-bond donors (Lipinski definition) is 0. The number of carbonyl (C=O) groups is 1. The van der Waals surface area contributed by atoms with Gasteiger partial charge in [0.2, 0.25) is 15.9 Å². The molecule has 10 heteroatoms. The Morgan fingerprint density at radius 2 is 1.75 bits per heavy atom. The molecule has 1 amide bonds. The topological polar surface area (TPSA) is 70.8 Å². The van der Waals surface area contributed by atoms with Crippen molar-refractivity contribution >= 4 is 15.9 Å². The summed E-state index contributed by atoms with van der Waals surface area (Å²) in [5, 5.41) is 0. The molecular weight excluding hydrogens is 493 g/mol. The number of amides is 1. The molecule has 3 aromatic rings. The molecule has 3 rings (SSSR count). The van der Waals surface area contributed by atoms with Gasteiger partial charge in [-0.1, -0.05) is 43.3 Å². The number of hydrogen-bond acceptors (Lipinski definition) is 4. The number of sulfonamides is 1. The van der Waals surface area contributed by atoms with Crippen molar-refractivity contribution in [1.29, 1.82) is 0 Å². The fraction of sp³-hybridized carbons (Fsp3) is 0.346. The van der Waals surface area contributed by atoms with Crippen LogP contribution in [0.2, 0.25) is 0 Å². The average molecular weight is 523 g/mol. The van der Waals surface area contributed by atoms with Gasteiger partial charge >= 0.3 is 6.18 Å². The zero-order valence-electron chi connectivity index (χ0n) is 20.1. The van der Waals surface area contributed by atoms with Crippen LogP contribution in [-0.4, -0.2) is 42.7 Å². The highest BCUT2D eigenvalue weighted by atomic mass is 32.2. The molecule has 0 saturated heterocycles. The number of carbonyl (C=O) groups excluding carboxylic acids is 1. The Bertz CT molecular complexity index is 1230. The molecule has 6 nitrogen and oxygen atoms in total. The van der Waals surface area contributed by atoms with Crippen LogP contribution in [0.5, 0.6) is 0 Å². The van der Waals surface area contributed by atoms with Crippen LogP contribution in [0.3, 0.4) is 0 Å². The largest absolute Gasteiger partial charge is 0.467 e. The van der Waals surface area contributed by atoms with Gasteiger partial charge in [0.05, 0.1) is 29.8 Å². The Morgan fingerprint density at radius 3 is 2.36 bits per heavy atom. The molecule has 0 fully saturated rings. The van der Waals surface area contributed by atoms with Gasteiger partial charge in [0.25, 0.3) is 0 Å². The van der Waals surface area contributed by atoms with Gasteiger partial charge in [-0.3, -0.25) is 4.79 Å². The number of rotatable bonds is 11. The summed E-state index contributed by atoms with van der Waals surface area (Å²) >= 11 is 0. The van der Waals surface area contributed by atoms with Gasteiger partial charge in [-0.15, -0.1) is 0 Å². The zero-order chi connectivity index (χ0) is 26.3. The predicted octanol–water partition coefficient (Wildman–Crippen LogP) is 5.36. The van der Waals surface area contributed by atoms with Gasteiger partial charge in [-0.2, -0.15) is 17.5 Å². The molecule has 194 valence electrons. The van der Waals surface area contributed by atoms with Crippen LogP contribution in [0, 0.1) is 0 Å². The summed E-state index contributed by atoms with van der Waals surface area (Å²) in [7, 11) is -4.39. The van der Waals surface area contributed by atoms with E-state index in [1.807, 2.05) is 30.3 Å². The molecule has 0 aliphatic carbocycles. The summed E-state index contributed by atoms with van der Waals surface area (Å²) in [5.74, 6) is 0.0606. The Morgan fingerprint density at radius 1 is 1.03 bits per heavy atom. The van der Waals surface area contributed by atoms with E-state index in [1.165, 1.54) is 11.2 Å². The maximum absolute atomic E-state index is 13.4. The zero-order valence-corrected chi connectivity index (χ0v) is 20.9. The molecule has 0 spiro atoms. The lowest BCUT2D eigenvalue weighted by atomic mass is 10.1. The van der Waals surface area contributed by atoms with Gasteiger partial charge in [0.1, 0.15) is 5.76 Å². The van der Waals surface area contributed by atoms with Gasteiger partial charge < -0.3 is 9.32 Å². The highest BCUT2D eigenvalue weighted by molar-refractivity contribution is 7.89. The van der Waals surface area contributed by atoms with Gasteiger partial charge in [-0.05, 0) is 55.7 Å². The summed E-state index contributed by atoms with van der Waals surface area (Å²) in [5.41, 5.74) is -0.0635. The molecule has 1 atom stereocenters. The molecule has 1 aromatic heterocycles. The summed E-state index contributed by atoms with van der Waals surface area (Å²) < 4.78 is 72.9. The maximum Gasteiger partial charge on any atom is 0.416 e. The van der Waals surface area contributed by atoms with Crippen LogP contribution in [0.1, 0.15) is 37.2 Å².